The minimum atomic E-state index is -1.33. The van der Waals surface area contributed by atoms with E-state index in [1.54, 1.807) is 7.11 Å². The Hall–Kier alpha value is -1.71. The molecule has 8 nitrogen and oxygen atoms in total. The zero-order chi connectivity index (χ0) is 19.0. The van der Waals surface area contributed by atoms with Gasteiger partial charge in [0, 0.05) is 41.7 Å². The minimum absolute atomic E-state index is 0.0894. The summed E-state index contributed by atoms with van der Waals surface area (Å²) in [6, 6.07) is -0.816. The third kappa shape index (κ3) is 3.55. The highest BCUT2D eigenvalue weighted by atomic mass is 19.1. The summed E-state index contributed by atoms with van der Waals surface area (Å²) in [4.78, 5) is 10.5. The van der Waals surface area contributed by atoms with Gasteiger partial charge >= 0.3 is 0 Å². The van der Waals surface area contributed by atoms with E-state index in [9.17, 15) is 14.5 Å². The van der Waals surface area contributed by atoms with Crippen molar-refractivity contribution in [2.75, 3.05) is 26.9 Å². The Bertz CT molecular complexity index is 654. The van der Waals surface area contributed by atoms with Crippen LogP contribution in [0.25, 0.3) is 0 Å². The van der Waals surface area contributed by atoms with Crippen LogP contribution in [0.4, 0.5) is 4.39 Å². The van der Waals surface area contributed by atoms with E-state index in [0.29, 0.717) is 44.8 Å². The highest BCUT2D eigenvalue weighted by Crippen LogP contribution is 2.38. The third-order valence-corrected chi connectivity index (χ3v) is 5.76. The zero-order valence-corrected chi connectivity index (χ0v) is 15.3. The van der Waals surface area contributed by atoms with Crippen molar-refractivity contribution in [1.82, 2.24) is 5.32 Å². The van der Waals surface area contributed by atoms with Crippen LogP contribution < -0.4 is 5.32 Å². The lowest BCUT2D eigenvalue weighted by molar-refractivity contribution is -0.529. The van der Waals surface area contributed by atoms with Crippen molar-refractivity contribution in [2.45, 2.75) is 62.3 Å². The molecule has 9 heteroatoms. The molecule has 2 aliphatic heterocycles. The number of ether oxygens (including phenoxy) is 4. The van der Waals surface area contributed by atoms with Gasteiger partial charge in [0.05, 0.1) is 32.5 Å². The van der Waals surface area contributed by atoms with Crippen LogP contribution in [0.15, 0.2) is 23.1 Å². The monoisotopic (exact) mass is 384 g/mol. The number of alkyl halides is 1. The van der Waals surface area contributed by atoms with Gasteiger partial charge in [-0.05, 0) is 12.8 Å². The predicted octanol–water partition coefficient (Wildman–Crippen LogP) is 1.48. The van der Waals surface area contributed by atoms with Crippen molar-refractivity contribution in [3.8, 4) is 0 Å². The molecular weight excluding hydrogens is 359 g/mol. The number of nitrogens with zero attached hydrogens (tertiary/aromatic N) is 1. The summed E-state index contributed by atoms with van der Waals surface area (Å²) in [5, 5.41) is 14.3. The molecule has 2 heterocycles. The van der Waals surface area contributed by atoms with Crippen LogP contribution in [0.3, 0.4) is 0 Å². The molecule has 4 aliphatic rings. The molecule has 1 saturated carbocycles. The van der Waals surface area contributed by atoms with Crippen LogP contribution in [-0.4, -0.2) is 68.4 Å². The molecule has 2 fully saturated rings. The maximum Gasteiger partial charge on any atom is 0.216 e. The topological polar surface area (TPSA) is 92.1 Å². The molecule has 1 N–H and O–H groups in total. The molecule has 150 valence electrons. The predicted molar refractivity (Wildman–Crippen MR) is 92.4 cm³/mol. The van der Waals surface area contributed by atoms with Gasteiger partial charge in [-0.2, -0.15) is 0 Å². The van der Waals surface area contributed by atoms with E-state index in [1.807, 2.05) is 6.08 Å². The van der Waals surface area contributed by atoms with Gasteiger partial charge in [-0.3, -0.25) is 10.1 Å². The summed E-state index contributed by atoms with van der Waals surface area (Å²) in [5.41, 5.74) is 1.81. The Morgan fingerprint density at radius 2 is 2.04 bits per heavy atom. The molecule has 0 radical (unpaired) electrons. The fourth-order valence-electron chi connectivity index (χ4n) is 4.41. The molecule has 6 unspecified atom stereocenters. The van der Waals surface area contributed by atoms with Crippen LogP contribution in [0.1, 0.15) is 25.7 Å². The first-order valence-electron chi connectivity index (χ1n) is 9.48. The van der Waals surface area contributed by atoms with Gasteiger partial charge in [-0.15, -0.1) is 0 Å². The molecule has 0 bridgehead atoms. The number of rotatable bonds is 4. The van der Waals surface area contributed by atoms with E-state index in [4.69, 9.17) is 18.9 Å². The lowest BCUT2D eigenvalue weighted by Crippen LogP contribution is -2.51. The molecule has 1 saturated heterocycles. The Balaban J connectivity index is 1.53. The zero-order valence-electron chi connectivity index (χ0n) is 15.3. The second-order valence-electron chi connectivity index (χ2n) is 7.35. The van der Waals surface area contributed by atoms with Crippen molar-refractivity contribution in [1.29, 1.82) is 0 Å². The summed E-state index contributed by atoms with van der Waals surface area (Å²) < 4.78 is 38.0. The fraction of sp³-hybridized carbons (Fsp3) is 0.778. The summed E-state index contributed by atoms with van der Waals surface area (Å²) in [6.07, 6.45) is 0.252. The normalized spacial score (nSPS) is 39.0. The van der Waals surface area contributed by atoms with Gasteiger partial charge in [0.15, 0.2) is 0 Å². The SMILES string of the molecule is COC1=CC2=C(C(OC3CCC([N+](=O)[O-])CC3F)CCN2)C2OCCOC12. The number of hydrogen-bond donors (Lipinski definition) is 1. The first-order chi connectivity index (χ1) is 13.1. The molecular formula is C18H25FN2O6. The highest BCUT2D eigenvalue weighted by molar-refractivity contribution is 5.41. The van der Waals surface area contributed by atoms with Crippen LogP contribution in [0, 0.1) is 10.1 Å². The summed E-state index contributed by atoms with van der Waals surface area (Å²) in [7, 11) is 1.60. The van der Waals surface area contributed by atoms with Gasteiger partial charge in [-0.25, -0.2) is 4.39 Å². The number of methoxy groups -OCH3 is 1. The quantitative estimate of drug-likeness (QED) is 0.580. The van der Waals surface area contributed by atoms with Gasteiger partial charge < -0.3 is 24.3 Å². The van der Waals surface area contributed by atoms with Gasteiger partial charge in [0.25, 0.3) is 0 Å². The smallest absolute Gasteiger partial charge is 0.216 e. The molecule has 4 rings (SSSR count). The second-order valence-corrected chi connectivity index (χ2v) is 7.35. The first kappa shape index (κ1) is 18.6. The molecule has 6 atom stereocenters. The lowest BCUT2D eigenvalue weighted by atomic mass is 9.86. The van der Waals surface area contributed by atoms with E-state index in [1.165, 1.54) is 0 Å². The van der Waals surface area contributed by atoms with E-state index >= 15 is 0 Å². The standard InChI is InChI=1S/C18H25FN2O6/c1-24-15-9-12-16(18-17(15)25-6-7-26-18)14(4-5-20-12)27-13-3-2-10(21(22)23)8-11(13)19/h9-11,13-14,17-18,20H,2-8H2,1H3. The lowest BCUT2D eigenvalue weighted by Gasteiger charge is -2.43. The Labute approximate surface area is 156 Å². The van der Waals surface area contributed by atoms with Crippen LogP contribution in [-0.2, 0) is 18.9 Å². The molecule has 0 aromatic heterocycles. The third-order valence-electron chi connectivity index (χ3n) is 5.76. The molecule has 2 aliphatic carbocycles. The van der Waals surface area contributed by atoms with Gasteiger partial charge in [0.2, 0.25) is 6.04 Å². The number of halogens is 1. The molecule has 27 heavy (non-hydrogen) atoms. The Morgan fingerprint density at radius 3 is 2.74 bits per heavy atom. The summed E-state index contributed by atoms with van der Waals surface area (Å²) in [5.74, 6) is 0.696. The minimum Gasteiger partial charge on any atom is -0.498 e. The van der Waals surface area contributed by atoms with E-state index in [-0.39, 0.29) is 29.7 Å². The number of nitrogens with one attached hydrogen (secondary N) is 1. The average molecular weight is 384 g/mol. The Morgan fingerprint density at radius 1 is 1.26 bits per heavy atom. The van der Waals surface area contributed by atoms with Crippen molar-refractivity contribution in [2.24, 2.45) is 0 Å². The van der Waals surface area contributed by atoms with E-state index in [0.717, 1.165) is 11.3 Å². The number of nitro groups is 1. The molecule has 0 aromatic rings. The van der Waals surface area contributed by atoms with Crippen LogP contribution >= 0.6 is 0 Å². The molecule has 0 amide bonds. The van der Waals surface area contributed by atoms with Crippen molar-refractivity contribution in [3.05, 3.63) is 33.2 Å². The molecule has 0 spiro atoms. The van der Waals surface area contributed by atoms with E-state index < -0.39 is 18.3 Å². The van der Waals surface area contributed by atoms with Crippen molar-refractivity contribution >= 4 is 0 Å². The number of allylic oxidation sites excluding steroid dienone is 1. The fourth-order valence-corrected chi connectivity index (χ4v) is 4.41. The largest absolute Gasteiger partial charge is 0.498 e. The number of hydrogen-bond acceptors (Lipinski definition) is 7. The van der Waals surface area contributed by atoms with Crippen LogP contribution in [0.2, 0.25) is 0 Å². The maximum absolute atomic E-state index is 14.5. The summed E-state index contributed by atoms with van der Waals surface area (Å²) >= 11 is 0. The first-order valence-corrected chi connectivity index (χ1v) is 9.48. The summed E-state index contributed by atoms with van der Waals surface area (Å²) in [6.45, 7) is 1.65. The molecule has 0 aromatic carbocycles. The second kappa shape index (κ2) is 7.73. The van der Waals surface area contributed by atoms with Crippen molar-refractivity contribution in [3.63, 3.8) is 0 Å². The van der Waals surface area contributed by atoms with Gasteiger partial charge in [-0.1, -0.05) is 0 Å². The van der Waals surface area contributed by atoms with Crippen molar-refractivity contribution < 1.29 is 28.3 Å². The van der Waals surface area contributed by atoms with E-state index in [2.05, 4.69) is 5.32 Å². The average Bonchev–Trinajstić information content (AvgIpc) is 2.68. The number of fused-ring (bicyclic) bond motifs is 2. The highest BCUT2D eigenvalue weighted by Gasteiger charge is 2.45. The maximum atomic E-state index is 14.5. The Kier molecular flexibility index (Phi) is 5.34. The van der Waals surface area contributed by atoms with Gasteiger partial charge in [0.1, 0.15) is 24.1 Å². The van der Waals surface area contributed by atoms with Crippen LogP contribution in [0.5, 0.6) is 0 Å².